The molecule has 7 heteroatoms. The fourth-order valence-electron chi connectivity index (χ4n) is 2.88. The molecule has 2 aromatic heterocycles. The van der Waals surface area contributed by atoms with Crippen molar-refractivity contribution in [3.63, 3.8) is 0 Å². The number of aliphatic hydroxyl groups is 1. The van der Waals surface area contributed by atoms with Gasteiger partial charge in [-0.1, -0.05) is 6.07 Å². The van der Waals surface area contributed by atoms with Gasteiger partial charge in [-0.15, -0.1) is 0 Å². The van der Waals surface area contributed by atoms with Gasteiger partial charge in [0.1, 0.15) is 17.1 Å². The van der Waals surface area contributed by atoms with Crippen LogP contribution in [0, 0.1) is 0 Å². The van der Waals surface area contributed by atoms with E-state index in [9.17, 15) is 9.90 Å². The van der Waals surface area contributed by atoms with Gasteiger partial charge in [-0.25, -0.2) is 9.78 Å². The highest BCUT2D eigenvalue weighted by Gasteiger charge is 2.26. The summed E-state index contributed by atoms with van der Waals surface area (Å²) in [7, 11) is 0. The highest BCUT2D eigenvalue weighted by Crippen LogP contribution is 2.21. The Morgan fingerprint density at radius 3 is 2.58 bits per heavy atom. The van der Waals surface area contributed by atoms with Crippen LogP contribution >= 0.6 is 0 Å². The van der Waals surface area contributed by atoms with Gasteiger partial charge in [0.15, 0.2) is 0 Å². The molecule has 0 bridgehead atoms. The smallest absolute Gasteiger partial charge is 0.410 e. The largest absolute Gasteiger partial charge is 0.444 e. The van der Waals surface area contributed by atoms with Crippen LogP contribution in [0.15, 0.2) is 24.4 Å². The van der Waals surface area contributed by atoms with Crippen molar-refractivity contribution < 1.29 is 14.6 Å². The van der Waals surface area contributed by atoms with Crippen LogP contribution in [0.4, 0.5) is 10.6 Å². The molecule has 3 rings (SSSR count). The number of imidazole rings is 1. The number of ether oxygens (including phenoxy) is 1. The molecular weight excluding hydrogens is 308 g/mol. The van der Waals surface area contributed by atoms with Gasteiger partial charge < -0.3 is 19.6 Å². The number of piperazine rings is 1. The summed E-state index contributed by atoms with van der Waals surface area (Å²) in [4.78, 5) is 20.4. The summed E-state index contributed by atoms with van der Waals surface area (Å²) in [5, 5.41) is 9.52. The Kier molecular flexibility index (Phi) is 4.36. The fourth-order valence-corrected chi connectivity index (χ4v) is 2.88. The van der Waals surface area contributed by atoms with Crippen LogP contribution < -0.4 is 4.90 Å². The molecule has 0 radical (unpaired) electrons. The number of carbonyl (C=O) groups is 1. The number of fused-ring (bicyclic) bond motifs is 1. The van der Waals surface area contributed by atoms with E-state index in [4.69, 9.17) is 4.74 Å². The van der Waals surface area contributed by atoms with E-state index in [1.54, 1.807) is 11.1 Å². The van der Waals surface area contributed by atoms with Crippen LogP contribution in [0.5, 0.6) is 0 Å². The average Bonchev–Trinajstić information content (AvgIpc) is 2.96. The molecule has 3 heterocycles. The molecular formula is C17H24N4O3. The van der Waals surface area contributed by atoms with E-state index < -0.39 is 5.60 Å². The molecule has 1 aliphatic rings. The molecule has 0 saturated carbocycles. The van der Waals surface area contributed by atoms with E-state index in [1.807, 2.05) is 43.4 Å². The molecule has 1 aliphatic heterocycles. The molecule has 0 aromatic carbocycles. The van der Waals surface area contributed by atoms with Crippen molar-refractivity contribution >= 4 is 17.6 Å². The van der Waals surface area contributed by atoms with Gasteiger partial charge in [0.05, 0.1) is 18.5 Å². The topological polar surface area (TPSA) is 70.3 Å². The number of amides is 1. The number of aromatic nitrogens is 2. The molecule has 1 saturated heterocycles. The van der Waals surface area contributed by atoms with Crippen molar-refractivity contribution in [1.29, 1.82) is 0 Å². The van der Waals surface area contributed by atoms with E-state index in [-0.39, 0.29) is 12.7 Å². The van der Waals surface area contributed by atoms with E-state index in [0.717, 1.165) is 17.2 Å². The molecule has 0 atom stereocenters. The number of hydrogen-bond donors (Lipinski definition) is 1. The van der Waals surface area contributed by atoms with Crippen LogP contribution in [0.3, 0.4) is 0 Å². The first-order chi connectivity index (χ1) is 11.4. The van der Waals surface area contributed by atoms with E-state index in [0.29, 0.717) is 26.2 Å². The Morgan fingerprint density at radius 2 is 1.96 bits per heavy atom. The Bertz CT molecular complexity index is 727. The number of nitrogens with zero attached hydrogens (tertiary/aromatic N) is 4. The lowest BCUT2D eigenvalue weighted by atomic mass is 10.2. The number of rotatable bonds is 2. The average molecular weight is 332 g/mol. The van der Waals surface area contributed by atoms with Crippen molar-refractivity contribution in [2.24, 2.45) is 0 Å². The third-order valence-corrected chi connectivity index (χ3v) is 4.00. The minimum atomic E-state index is -0.480. The zero-order chi connectivity index (χ0) is 17.3. The molecule has 0 aliphatic carbocycles. The van der Waals surface area contributed by atoms with Crippen molar-refractivity contribution in [3.8, 4) is 0 Å². The second-order valence-electron chi connectivity index (χ2n) is 6.94. The summed E-state index contributed by atoms with van der Waals surface area (Å²) < 4.78 is 7.39. The minimum Gasteiger partial charge on any atom is -0.444 e. The second-order valence-corrected chi connectivity index (χ2v) is 6.94. The quantitative estimate of drug-likeness (QED) is 0.909. The standard InChI is InChI=1S/C17H24N4O3/c1-17(2,3)24-16(23)20-9-7-19(8-10-20)15-6-4-5-14-18-11-13(12-22)21(14)15/h4-6,11,22H,7-10,12H2,1-3H3. The Balaban J connectivity index is 1.74. The SMILES string of the molecule is CC(C)(C)OC(=O)N1CCN(c2cccc3ncc(CO)n23)CC1. The van der Waals surface area contributed by atoms with Gasteiger partial charge in [-0.3, -0.25) is 4.40 Å². The van der Waals surface area contributed by atoms with E-state index in [2.05, 4.69) is 9.88 Å². The second kappa shape index (κ2) is 6.32. The summed E-state index contributed by atoms with van der Waals surface area (Å²) in [5.74, 6) is 0.984. The maximum absolute atomic E-state index is 12.2. The summed E-state index contributed by atoms with van der Waals surface area (Å²) in [6.07, 6.45) is 1.43. The Labute approximate surface area is 141 Å². The Hall–Kier alpha value is -2.28. The molecule has 1 N–H and O–H groups in total. The molecule has 1 amide bonds. The maximum atomic E-state index is 12.2. The minimum absolute atomic E-state index is 0.0595. The third-order valence-electron chi connectivity index (χ3n) is 4.00. The molecule has 130 valence electrons. The van der Waals surface area contributed by atoms with Crippen molar-refractivity contribution in [2.45, 2.75) is 33.0 Å². The van der Waals surface area contributed by atoms with Crippen molar-refractivity contribution in [3.05, 3.63) is 30.1 Å². The zero-order valence-electron chi connectivity index (χ0n) is 14.4. The lowest BCUT2D eigenvalue weighted by Crippen LogP contribution is -2.50. The van der Waals surface area contributed by atoms with Gasteiger partial charge in [-0.05, 0) is 32.9 Å². The van der Waals surface area contributed by atoms with Gasteiger partial charge >= 0.3 is 6.09 Å². The normalized spacial score (nSPS) is 15.8. The summed E-state index contributed by atoms with van der Waals surface area (Å²) in [6.45, 7) is 8.19. The number of anilines is 1. The molecule has 2 aromatic rings. The van der Waals surface area contributed by atoms with Crippen LogP contribution in [-0.2, 0) is 11.3 Å². The van der Waals surface area contributed by atoms with Gasteiger partial charge in [0.2, 0.25) is 0 Å². The highest BCUT2D eigenvalue weighted by molar-refractivity contribution is 5.68. The maximum Gasteiger partial charge on any atom is 0.410 e. The van der Waals surface area contributed by atoms with E-state index in [1.165, 1.54) is 0 Å². The first-order valence-corrected chi connectivity index (χ1v) is 8.18. The van der Waals surface area contributed by atoms with Crippen molar-refractivity contribution in [1.82, 2.24) is 14.3 Å². The monoisotopic (exact) mass is 332 g/mol. The first kappa shape index (κ1) is 16.6. The number of aliphatic hydroxyl groups excluding tert-OH is 1. The molecule has 1 fully saturated rings. The molecule has 0 unspecified atom stereocenters. The molecule has 0 spiro atoms. The predicted octanol–water partition coefficient (Wildman–Crippen LogP) is 1.88. The molecule has 24 heavy (non-hydrogen) atoms. The van der Waals surface area contributed by atoms with Gasteiger partial charge in [0, 0.05) is 26.2 Å². The summed E-state index contributed by atoms with van der Waals surface area (Å²) in [5.41, 5.74) is 1.09. The molecule has 7 nitrogen and oxygen atoms in total. The fraction of sp³-hybridized carbons (Fsp3) is 0.529. The van der Waals surface area contributed by atoms with Crippen LogP contribution in [-0.4, -0.2) is 57.3 Å². The first-order valence-electron chi connectivity index (χ1n) is 8.18. The van der Waals surface area contributed by atoms with Crippen LogP contribution in [0.25, 0.3) is 5.65 Å². The van der Waals surface area contributed by atoms with Crippen LogP contribution in [0.1, 0.15) is 26.5 Å². The number of hydrogen-bond acceptors (Lipinski definition) is 5. The lowest BCUT2D eigenvalue weighted by molar-refractivity contribution is 0.0240. The number of carbonyl (C=O) groups excluding carboxylic acids is 1. The highest BCUT2D eigenvalue weighted by atomic mass is 16.6. The zero-order valence-corrected chi connectivity index (χ0v) is 14.4. The summed E-state index contributed by atoms with van der Waals surface area (Å²) in [6, 6.07) is 5.88. The lowest BCUT2D eigenvalue weighted by Gasteiger charge is -2.37. The van der Waals surface area contributed by atoms with Crippen molar-refractivity contribution in [2.75, 3.05) is 31.1 Å². The third kappa shape index (κ3) is 3.31. The summed E-state index contributed by atoms with van der Waals surface area (Å²) >= 11 is 0. The van der Waals surface area contributed by atoms with Crippen LogP contribution in [0.2, 0.25) is 0 Å². The number of pyridine rings is 1. The Morgan fingerprint density at radius 1 is 1.25 bits per heavy atom. The van der Waals surface area contributed by atoms with Gasteiger partial charge in [-0.2, -0.15) is 0 Å². The van der Waals surface area contributed by atoms with Gasteiger partial charge in [0.25, 0.3) is 0 Å². The predicted molar refractivity (Wildman–Crippen MR) is 91.1 cm³/mol. The van der Waals surface area contributed by atoms with E-state index >= 15 is 0 Å².